The molecule has 6 nitrogen and oxygen atoms in total. The van der Waals surface area contributed by atoms with Gasteiger partial charge in [0.25, 0.3) is 5.91 Å². The van der Waals surface area contributed by atoms with Crippen LogP contribution in [0.15, 0.2) is 42.5 Å². The van der Waals surface area contributed by atoms with Crippen molar-refractivity contribution in [1.82, 2.24) is 9.21 Å². The molecule has 1 aliphatic heterocycles. The summed E-state index contributed by atoms with van der Waals surface area (Å²) in [6.07, 6.45) is 1.19. The third kappa shape index (κ3) is 5.29. The summed E-state index contributed by atoms with van der Waals surface area (Å²) in [4.78, 5) is 16.8. The molecule has 0 radical (unpaired) electrons. The van der Waals surface area contributed by atoms with Gasteiger partial charge in [0, 0.05) is 38.9 Å². The predicted molar refractivity (Wildman–Crippen MR) is 117 cm³/mol. The Hall–Kier alpha value is -1.64. The van der Waals surface area contributed by atoms with Crippen molar-refractivity contribution in [3.8, 4) is 0 Å². The summed E-state index contributed by atoms with van der Waals surface area (Å²) in [6.45, 7) is 2.75. The minimum absolute atomic E-state index is 0.163. The number of piperazine rings is 1. The van der Waals surface area contributed by atoms with Crippen LogP contribution in [-0.2, 0) is 21.2 Å². The van der Waals surface area contributed by atoms with E-state index in [2.05, 4.69) is 4.90 Å². The first-order valence-corrected chi connectivity index (χ1v) is 11.8. The molecule has 1 unspecified atom stereocenters. The number of hydrogen-bond acceptors (Lipinski definition) is 4. The number of anilines is 1. The molecule has 0 bridgehead atoms. The van der Waals surface area contributed by atoms with Gasteiger partial charge in [0.2, 0.25) is 0 Å². The highest BCUT2D eigenvalue weighted by Crippen LogP contribution is 2.27. The van der Waals surface area contributed by atoms with Crippen molar-refractivity contribution in [2.45, 2.75) is 6.54 Å². The van der Waals surface area contributed by atoms with E-state index in [4.69, 9.17) is 23.2 Å². The molecule has 0 aliphatic carbocycles. The third-order valence-electron chi connectivity index (χ3n) is 4.99. The lowest BCUT2D eigenvalue weighted by Crippen LogP contribution is -2.49. The summed E-state index contributed by atoms with van der Waals surface area (Å²) in [5.41, 5.74) is 2.26. The minimum atomic E-state index is -3.23. The van der Waals surface area contributed by atoms with Gasteiger partial charge in [-0.3, -0.25) is 4.79 Å². The molecule has 1 fully saturated rings. The Morgan fingerprint density at radius 3 is 2.28 bits per heavy atom. The van der Waals surface area contributed by atoms with Crippen molar-refractivity contribution in [2.24, 2.45) is 0 Å². The van der Waals surface area contributed by atoms with Crippen LogP contribution in [0.3, 0.4) is 0 Å². The SMILES string of the molecule is CN(Cc1cccc(N2CCN(C(=O)c3c(Cl)cccc3Cl)CC2)c1)[S+](C)(=O)[O-]. The molecule has 2 aromatic carbocycles. The monoisotopic (exact) mass is 455 g/mol. The van der Waals surface area contributed by atoms with Gasteiger partial charge in [-0.1, -0.05) is 45.6 Å². The average molecular weight is 456 g/mol. The van der Waals surface area contributed by atoms with E-state index in [0.717, 1.165) is 11.3 Å². The molecule has 0 aromatic heterocycles. The standard InChI is InChI=1S/C20H23Cl2N3O3S/c1-23(29(2,27)28)14-15-5-3-6-16(13-15)24-9-11-25(12-10-24)20(26)19-17(21)7-4-8-18(19)22/h3-8,13H,9-12,14H2,1-2H3. The van der Waals surface area contributed by atoms with Gasteiger partial charge in [-0.15, -0.1) is 4.31 Å². The topological polar surface area (TPSA) is 66.9 Å². The zero-order chi connectivity index (χ0) is 21.2. The van der Waals surface area contributed by atoms with Crippen molar-refractivity contribution < 1.29 is 13.6 Å². The van der Waals surface area contributed by atoms with Gasteiger partial charge in [-0.25, -0.2) is 0 Å². The Labute approximate surface area is 182 Å². The molecule has 1 atom stereocenters. The molecule has 1 saturated heterocycles. The number of benzene rings is 2. The van der Waals surface area contributed by atoms with Crippen LogP contribution in [-0.4, -0.2) is 59.1 Å². The molecular weight excluding hydrogens is 433 g/mol. The molecule has 2 aromatic rings. The highest BCUT2D eigenvalue weighted by atomic mass is 35.5. The molecule has 1 aliphatic rings. The molecule has 9 heteroatoms. The van der Waals surface area contributed by atoms with Gasteiger partial charge in [0.1, 0.15) is 16.7 Å². The molecule has 3 rings (SSSR count). The van der Waals surface area contributed by atoms with Crippen LogP contribution in [0, 0.1) is 0 Å². The van der Waals surface area contributed by atoms with Crippen molar-refractivity contribution in [3.05, 3.63) is 63.6 Å². The molecule has 1 heterocycles. The molecule has 0 N–H and O–H groups in total. The Morgan fingerprint density at radius 2 is 1.69 bits per heavy atom. The summed E-state index contributed by atoms with van der Waals surface area (Å²) in [5, 5.41) is 0.709. The molecular formula is C20H23Cl2N3O3S. The van der Waals surface area contributed by atoms with E-state index in [0.29, 0.717) is 48.3 Å². The largest absolute Gasteiger partial charge is 0.598 e. The van der Waals surface area contributed by atoms with Gasteiger partial charge >= 0.3 is 0 Å². The second-order valence-electron chi connectivity index (χ2n) is 7.06. The van der Waals surface area contributed by atoms with Crippen LogP contribution >= 0.6 is 23.2 Å². The number of carbonyl (C=O) groups excluding carboxylic acids is 1. The van der Waals surface area contributed by atoms with Crippen LogP contribution in [0.25, 0.3) is 0 Å². The summed E-state index contributed by atoms with van der Waals surface area (Å²) in [6, 6.07) is 12.8. The van der Waals surface area contributed by atoms with Gasteiger partial charge < -0.3 is 14.4 Å². The maximum Gasteiger partial charge on any atom is 0.257 e. The van der Waals surface area contributed by atoms with E-state index < -0.39 is 10.4 Å². The van der Waals surface area contributed by atoms with Crippen molar-refractivity contribution in [3.63, 3.8) is 0 Å². The third-order valence-corrected chi connectivity index (χ3v) is 6.88. The van der Waals surface area contributed by atoms with Crippen molar-refractivity contribution in [2.75, 3.05) is 44.4 Å². The van der Waals surface area contributed by atoms with E-state index in [-0.39, 0.29) is 5.91 Å². The number of hydrogen-bond donors (Lipinski definition) is 0. The number of amides is 1. The minimum Gasteiger partial charge on any atom is -0.598 e. The zero-order valence-corrected chi connectivity index (χ0v) is 18.6. The number of halogens is 2. The van der Waals surface area contributed by atoms with Gasteiger partial charge in [0.15, 0.2) is 0 Å². The summed E-state index contributed by atoms with van der Waals surface area (Å²) in [7, 11) is -1.67. The zero-order valence-electron chi connectivity index (χ0n) is 16.3. The van der Waals surface area contributed by atoms with Crippen molar-refractivity contribution in [1.29, 1.82) is 0 Å². The van der Waals surface area contributed by atoms with Crippen LogP contribution < -0.4 is 4.90 Å². The highest BCUT2D eigenvalue weighted by molar-refractivity contribution is 7.94. The van der Waals surface area contributed by atoms with Crippen LogP contribution in [0.1, 0.15) is 15.9 Å². The molecule has 29 heavy (non-hydrogen) atoms. The predicted octanol–water partition coefficient (Wildman–Crippen LogP) is 3.56. The maximum absolute atomic E-state index is 12.8. The Bertz CT molecular complexity index is 922. The first-order chi connectivity index (χ1) is 13.7. The number of carbonyl (C=O) groups is 1. The van der Waals surface area contributed by atoms with E-state index in [1.165, 1.54) is 10.6 Å². The first kappa shape index (κ1) is 22.1. The number of sulfonamides is 1. The van der Waals surface area contributed by atoms with E-state index in [9.17, 15) is 13.6 Å². The lowest BCUT2D eigenvalue weighted by atomic mass is 10.1. The quantitative estimate of drug-likeness (QED) is 0.646. The lowest BCUT2D eigenvalue weighted by Gasteiger charge is -2.36. The first-order valence-electron chi connectivity index (χ1n) is 9.15. The van der Waals surface area contributed by atoms with Crippen LogP contribution in [0.4, 0.5) is 5.69 Å². The second-order valence-corrected chi connectivity index (χ2v) is 9.97. The van der Waals surface area contributed by atoms with Crippen LogP contribution in [0.5, 0.6) is 0 Å². The summed E-state index contributed by atoms with van der Waals surface area (Å²) >= 11 is 12.3. The second kappa shape index (κ2) is 9.02. The van der Waals surface area contributed by atoms with E-state index in [1.807, 2.05) is 24.3 Å². The van der Waals surface area contributed by atoms with Gasteiger partial charge in [-0.2, -0.15) is 0 Å². The Balaban J connectivity index is 1.66. The fourth-order valence-electron chi connectivity index (χ4n) is 3.25. The molecule has 0 spiro atoms. The van der Waals surface area contributed by atoms with Crippen LogP contribution in [0.2, 0.25) is 10.0 Å². The Morgan fingerprint density at radius 1 is 1.10 bits per heavy atom. The maximum atomic E-state index is 12.8. The summed E-state index contributed by atoms with van der Waals surface area (Å²) in [5.74, 6) is -0.163. The summed E-state index contributed by atoms with van der Waals surface area (Å²) < 4.78 is 24.6. The van der Waals surface area contributed by atoms with E-state index >= 15 is 0 Å². The number of nitrogens with zero attached hydrogens (tertiary/aromatic N) is 3. The van der Waals surface area contributed by atoms with Crippen molar-refractivity contribution >= 4 is 45.2 Å². The molecule has 156 valence electrons. The Kier molecular flexibility index (Phi) is 6.86. The van der Waals surface area contributed by atoms with E-state index in [1.54, 1.807) is 30.1 Å². The molecule has 1 amide bonds. The fraction of sp³-hybridized carbons (Fsp3) is 0.350. The normalized spacial score (nSPS) is 16.8. The lowest BCUT2D eigenvalue weighted by molar-refractivity contribution is 0.0747. The fourth-order valence-corrected chi connectivity index (χ4v) is 4.20. The van der Waals surface area contributed by atoms with Gasteiger partial charge in [0.05, 0.1) is 22.2 Å². The molecule has 0 saturated carbocycles. The smallest absolute Gasteiger partial charge is 0.257 e. The van der Waals surface area contributed by atoms with Gasteiger partial charge in [-0.05, 0) is 29.8 Å². The number of rotatable bonds is 5. The average Bonchev–Trinajstić information content (AvgIpc) is 2.67. The highest BCUT2D eigenvalue weighted by Gasteiger charge is 2.25.